The maximum atomic E-state index is 9.66. The zero-order valence-electron chi connectivity index (χ0n) is 4.87. The highest BCUT2D eigenvalue weighted by Crippen LogP contribution is 1.99. The average molecular weight is 116 g/mol. The Morgan fingerprint density at radius 3 is 1.38 bits per heavy atom. The molecule has 8 heavy (non-hydrogen) atoms. The van der Waals surface area contributed by atoms with Gasteiger partial charge in [0.2, 0.25) is 0 Å². The van der Waals surface area contributed by atoms with Gasteiger partial charge in [-0.15, -0.1) is 0 Å². The fraction of sp³-hybridized carbons (Fsp3) is 1.00. The van der Waals surface area contributed by atoms with Gasteiger partial charge in [-0.2, -0.15) is 9.81 Å². The number of rotatable bonds is 3. The Bertz CT molecular complexity index is 82.0. The zero-order chi connectivity index (χ0) is 6.57. The Kier molecular flexibility index (Phi) is 2.91. The summed E-state index contributed by atoms with van der Waals surface area (Å²) in [5.41, 5.74) is 0. The molecule has 0 saturated carbocycles. The Morgan fingerprint density at radius 2 is 1.25 bits per heavy atom. The summed E-state index contributed by atoms with van der Waals surface area (Å²) in [6.07, 6.45) is 0. The van der Waals surface area contributed by atoms with E-state index in [9.17, 15) is 9.81 Å². The predicted octanol–water partition coefficient (Wildman–Crippen LogP) is 1.30. The van der Waals surface area contributed by atoms with Gasteiger partial charge >= 0.3 is 0 Å². The minimum absolute atomic E-state index is 0.493. The third kappa shape index (κ3) is 1.77. The molecule has 0 radical (unpaired) electrons. The summed E-state index contributed by atoms with van der Waals surface area (Å²) in [6.45, 7) is 3.11. The summed E-state index contributed by atoms with van der Waals surface area (Å²) >= 11 is 0. The van der Waals surface area contributed by atoms with Gasteiger partial charge in [-0.1, -0.05) is 10.4 Å². The third-order valence-electron chi connectivity index (χ3n) is 1.03. The molecule has 0 aromatic carbocycles. The van der Waals surface area contributed by atoms with Crippen LogP contribution in [-0.4, -0.2) is 12.1 Å². The predicted molar refractivity (Wildman–Crippen MR) is 30.5 cm³/mol. The molecule has 0 heterocycles. The van der Waals surface area contributed by atoms with Gasteiger partial charge in [-0.05, 0) is 13.8 Å². The van der Waals surface area contributed by atoms with Crippen LogP contribution in [0, 0.1) is 9.81 Å². The van der Waals surface area contributed by atoms with Crippen LogP contribution in [-0.2, 0) is 0 Å². The summed E-state index contributed by atoms with van der Waals surface area (Å²) in [7, 11) is 0. The van der Waals surface area contributed by atoms with Crippen LogP contribution < -0.4 is 0 Å². The second-order valence-corrected chi connectivity index (χ2v) is 1.69. The van der Waals surface area contributed by atoms with E-state index in [-0.39, 0.29) is 0 Å². The molecule has 0 fully saturated rings. The minimum atomic E-state index is -0.493. The molecule has 4 nitrogen and oxygen atoms in total. The van der Waals surface area contributed by atoms with Gasteiger partial charge in [0.1, 0.15) is 12.1 Å². The van der Waals surface area contributed by atoms with Crippen molar-refractivity contribution in [2.24, 2.45) is 10.4 Å². The highest BCUT2D eigenvalue weighted by atomic mass is 16.3. The lowest BCUT2D eigenvalue weighted by atomic mass is 10.2. The van der Waals surface area contributed by atoms with E-state index >= 15 is 0 Å². The molecule has 4 heteroatoms. The second-order valence-electron chi connectivity index (χ2n) is 1.69. The number of hydrogen-bond acceptors (Lipinski definition) is 4. The number of nitrogens with zero attached hydrogens (tertiary/aromatic N) is 2. The van der Waals surface area contributed by atoms with Gasteiger partial charge in [0, 0.05) is 0 Å². The van der Waals surface area contributed by atoms with E-state index in [1.165, 1.54) is 0 Å². The molecule has 0 rings (SSSR count). The van der Waals surface area contributed by atoms with Crippen LogP contribution in [0.1, 0.15) is 13.8 Å². The largest absolute Gasteiger partial charge is 0.150 e. The lowest BCUT2D eigenvalue weighted by Gasteiger charge is -2.00. The SMILES string of the molecule is C[C@H](N=O)[C@@H](C)N=O. The van der Waals surface area contributed by atoms with E-state index < -0.39 is 12.1 Å². The van der Waals surface area contributed by atoms with Crippen molar-refractivity contribution in [2.45, 2.75) is 25.9 Å². The lowest BCUT2D eigenvalue weighted by Crippen LogP contribution is -2.13. The van der Waals surface area contributed by atoms with Crippen LogP contribution in [0.3, 0.4) is 0 Å². The van der Waals surface area contributed by atoms with E-state index in [0.717, 1.165) is 0 Å². The van der Waals surface area contributed by atoms with Crippen LogP contribution in [0.25, 0.3) is 0 Å². The summed E-state index contributed by atoms with van der Waals surface area (Å²) in [4.78, 5) is 19.3. The highest BCUT2D eigenvalue weighted by Gasteiger charge is 2.10. The molecule has 2 atom stereocenters. The van der Waals surface area contributed by atoms with Gasteiger partial charge in [-0.25, -0.2) is 0 Å². The van der Waals surface area contributed by atoms with Gasteiger partial charge in [0.05, 0.1) is 0 Å². The third-order valence-corrected chi connectivity index (χ3v) is 1.03. The Labute approximate surface area is 47.2 Å². The van der Waals surface area contributed by atoms with Gasteiger partial charge in [0.25, 0.3) is 0 Å². The highest BCUT2D eigenvalue weighted by molar-refractivity contribution is 4.71. The molecule has 0 aromatic heterocycles. The fourth-order valence-corrected chi connectivity index (χ4v) is 0.176. The molecular formula is C4H8N2O2. The first-order valence-corrected chi connectivity index (χ1v) is 2.37. The summed E-state index contributed by atoms with van der Waals surface area (Å²) in [6, 6.07) is -0.986. The standard InChI is InChI=1S/C4H8N2O2/c1-3(5-7)4(2)6-8/h3-4H,1-2H3/t3-,4+. The van der Waals surface area contributed by atoms with Crippen molar-refractivity contribution in [1.82, 2.24) is 0 Å². The van der Waals surface area contributed by atoms with E-state index in [4.69, 9.17) is 0 Å². The molecular weight excluding hydrogens is 108 g/mol. The van der Waals surface area contributed by atoms with Crippen LogP contribution in [0.5, 0.6) is 0 Å². The van der Waals surface area contributed by atoms with Gasteiger partial charge in [0.15, 0.2) is 0 Å². The maximum Gasteiger partial charge on any atom is 0.115 e. The second kappa shape index (κ2) is 3.23. The molecule has 0 saturated heterocycles. The molecule has 0 unspecified atom stereocenters. The molecule has 46 valence electrons. The normalized spacial score (nSPS) is 16.8. The van der Waals surface area contributed by atoms with Crippen molar-refractivity contribution >= 4 is 0 Å². The molecule has 0 bridgehead atoms. The summed E-state index contributed by atoms with van der Waals surface area (Å²) in [5, 5.41) is 5.23. The van der Waals surface area contributed by atoms with Crippen molar-refractivity contribution in [3.8, 4) is 0 Å². The zero-order valence-corrected chi connectivity index (χ0v) is 4.87. The molecule has 0 amide bonds. The first kappa shape index (κ1) is 7.20. The van der Waals surface area contributed by atoms with E-state index in [2.05, 4.69) is 10.4 Å². The van der Waals surface area contributed by atoms with Crippen LogP contribution >= 0.6 is 0 Å². The topological polar surface area (TPSA) is 58.9 Å². The van der Waals surface area contributed by atoms with Gasteiger partial charge in [-0.3, -0.25) is 0 Å². The number of hydrogen-bond donors (Lipinski definition) is 0. The fourth-order valence-electron chi connectivity index (χ4n) is 0.176. The summed E-state index contributed by atoms with van der Waals surface area (Å²) in [5.74, 6) is 0. The number of nitroso groups, excluding NO2 is 2. The molecule has 0 N–H and O–H groups in total. The molecule has 0 aliphatic rings. The van der Waals surface area contributed by atoms with E-state index in [1.807, 2.05) is 0 Å². The molecule has 0 aliphatic carbocycles. The Balaban J connectivity index is 3.60. The van der Waals surface area contributed by atoms with Crippen molar-refractivity contribution in [2.75, 3.05) is 0 Å². The van der Waals surface area contributed by atoms with E-state index in [1.54, 1.807) is 13.8 Å². The van der Waals surface area contributed by atoms with Crippen molar-refractivity contribution < 1.29 is 0 Å². The molecule has 0 aliphatic heterocycles. The van der Waals surface area contributed by atoms with E-state index in [0.29, 0.717) is 0 Å². The average Bonchev–Trinajstić information content (AvgIpc) is 1.84. The Hall–Kier alpha value is -0.800. The van der Waals surface area contributed by atoms with Crippen LogP contribution in [0.2, 0.25) is 0 Å². The smallest absolute Gasteiger partial charge is 0.115 e. The lowest BCUT2D eigenvalue weighted by molar-refractivity contribution is 0.600. The first-order valence-electron chi connectivity index (χ1n) is 2.37. The summed E-state index contributed by atoms with van der Waals surface area (Å²) < 4.78 is 0. The Morgan fingerprint density at radius 1 is 1.00 bits per heavy atom. The molecule has 0 aromatic rings. The van der Waals surface area contributed by atoms with Crippen molar-refractivity contribution in [3.63, 3.8) is 0 Å². The maximum absolute atomic E-state index is 9.66. The van der Waals surface area contributed by atoms with Crippen molar-refractivity contribution in [3.05, 3.63) is 9.81 Å². The minimum Gasteiger partial charge on any atom is -0.150 e. The monoisotopic (exact) mass is 116 g/mol. The van der Waals surface area contributed by atoms with Crippen molar-refractivity contribution in [1.29, 1.82) is 0 Å². The first-order chi connectivity index (χ1) is 3.72. The van der Waals surface area contributed by atoms with Gasteiger partial charge < -0.3 is 0 Å². The van der Waals surface area contributed by atoms with Crippen LogP contribution in [0.15, 0.2) is 10.4 Å². The molecule has 0 spiro atoms. The van der Waals surface area contributed by atoms with Crippen LogP contribution in [0.4, 0.5) is 0 Å². The quantitative estimate of drug-likeness (QED) is 0.521.